The number of carbonyl (C=O) groups is 1. The number of phenolic OH excluding ortho intramolecular Hbond substituents is 1. The molecule has 0 radical (unpaired) electrons. The van der Waals surface area contributed by atoms with Crippen molar-refractivity contribution >= 4 is 34.4 Å². The van der Waals surface area contributed by atoms with Crippen LogP contribution in [-0.2, 0) is 11.2 Å². The SMILES string of the molecule is CC(C)(C)C(NC1=NS(=O)N=C1Nc1cccc(C(=O)N2CCC[C@H]2CO)c1O)c1ccccc1. The third-order valence-electron chi connectivity index (χ3n) is 6.21. The summed E-state index contributed by atoms with van der Waals surface area (Å²) in [6.45, 7) is 6.68. The van der Waals surface area contributed by atoms with E-state index in [1.165, 1.54) is 0 Å². The fraction of sp³-hybridized carbons (Fsp3) is 0.400. The number of likely N-dealkylation sites (tertiary alicyclic amines) is 1. The summed E-state index contributed by atoms with van der Waals surface area (Å²) >= 11 is -1.82. The first kappa shape index (κ1) is 24.9. The fourth-order valence-electron chi connectivity index (χ4n) is 4.41. The van der Waals surface area contributed by atoms with E-state index in [9.17, 15) is 19.2 Å². The summed E-state index contributed by atoms with van der Waals surface area (Å²) in [6.07, 6.45) is 1.53. The molecule has 2 aliphatic heterocycles. The molecule has 0 aliphatic carbocycles. The molecule has 4 rings (SSSR count). The second kappa shape index (κ2) is 10.2. The van der Waals surface area contributed by atoms with Crippen molar-refractivity contribution in [2.24, 2.45) is 14.2 Å². The Morgan fingerprint density at radius 1 is 1.14 bits per heavy atom. The van der Waals surface area contributed by atoms with E-state index in [2.05, 4.69) is 40.2 Å². The zero-order chi connectivity index (χ0) is 25.2. The maximum atomic E-state index is 13.1. The van der Waals surface area contributed by atoms with Gasteiger partial charge in [0, 0.05) is 6.54 Å². The highest BCUT2D eigenvalue weighted by molar-refractivity contribution is 7.83. The molecule has 2 aromatic rings. The Balaban J connectivity index is 1.58. The van der Waals surface area contributed by atoms with Crippen LogP contribution in [0.4, 0.5) is 5.69 Å². The summed E-state index contributed by atoms with van der Waals surface area (Å²) in [7, 11) is 0. The lowest BCUT2D eigenvalue weighted by molar-refractivity contribution is 0.0674. The van der Waals surface area contributed by atoms with Crippen molar-refractivity contribution in [1.82, 2.24) is 10.2 Å². The van der Waals surface area contributed by atoms with E-state index in [0.717, 1.165) is 18.4 Å². The Morgan fingerprint density at radius 3 is 2.54 bits per heavy atom. The van der Waals surface area contributed by atoms with E-state index in [0.29, 0.717) is 12.4 Å². The van der Waals surface area contributed by atoms with Crippen molar-refractivity contribution in [3.63, 3.8) is 0 Å². The van der Waals surface area contributed by atoms with Gasteiger partial charge in [-0.2, -0.15) is 0 Å². The summed E-state index contributed by atoms with van der Waals surface area (Å²) in [4.78, 5) is 14.7. The van der Waals surface area contributed by atoms with Gasteiger partial charge in [-0.3, -0.25) is 4.79 Å². The Labute approximate surface area is 207 Å². The third kappa shape index (κ3) is 5.38. The van der Waals surface area contributed by atoms with Gasteiger partial charge in [0.2, 0.25) is 0 Å². The van der Waals surface area contributed by atoms with Crippen LogP contribution in [0.1, 0.15) is 55.6 Å². The van der Waals surface area contributed by atoms with Crippen molar-refractivity contribution in [3.8, 4) is 5.75 Å². The molecule has 1 saturated heterocycles. The number of aliphatic hydroxyl groups excluding tert-OH is 1. The van der Waals surface area contributed by atoms with Crippen molar-refractivity contribution in [2.45, 2.75) is 45.7 Å². The average molecular weight is 498 g/mol. The molecule has 0 saturated carbocycles. The van der Waals surface area contributed by atoms with Crippen LogP contribution in [-0.4, -0.2) is 56.1 Å². The molecule has 4 N–H and O–H groups in total. The molecule has 10 heteroatoms. The number of para-hydroxylation sites is 1. The van der Waals surface area contributed by atoms with E-state index in [1.807, 2.05) is 30.3 Å². The third-order valence-corrected chi connectivity index (χ3v) is 6.89. The number of rotatable bonds is 5. The lowest BCUT2D eigenvalue weighted by Crippen LogP contribution is -2.41. The maximum Gasteiger partial charge on any atom is 0.269 e. The normalized spacial score (nSPS) is 20.9. The number of nitrogens with one attached hydrogen (secondary N) is 2. The van der Waals surface area contributed by atoms with E-state index in [-0.39, 0.29) is 52.8 Å². The van der Waals surface area contributed by atoms with Crippen LogP contribution in [0.3, 0.4) is 0 Å². The number of carbonyl (C=O) groups excluding carboxylic acids is 1. The van der Waals surface area contributed by atoms with Crippen molar-refractivity contribution in [3.05, 3.63) is 59.7 Å². The quantitative estimate of drug-likeness (QED) is 0.470. The Morgan fingerprint density at radius 2 is 1.86 bits per heavy atom. The number of aliphatic hydroxyl groups is 1. The molecule has 1 amide bonds. The summed E-state index contributed by atoms with van der Waals surface area (Å²) in [6, 6.07) is 14.3. The monoisotopic (exact) mass is 497 g/mol. The van der Waals surface area contributed by atoms with Gasteiger partial charge in [0.05, 0.1) is 29.9 Å². The van der Waals surface area contributed by atoms with Crippen LogP contribution in [0, 0.1) is 5.41 Å². The molecule has 186 valence electrons. The minimum Gasteiger partial charge on any atom is -0.505 e. The van der Waals surface area contributed by atoms with Gasteiger partial charge in [0.1, 0.15) is 0 Å². The van der Waals surface area contributed by atoms with E-state index >= 15 is 0 Å². The highest BCUT2D eigenvalue weighted by Gasteiger charge is 2.33. The van der Waals surface area contributed by atoms with Crippen LogP contribution < -0.4 is 10.6 Å². The van der Waals surface area contributed by atoms with Crippen molar-refractivity contribution in [1.29, 1.82) is 0 Å². The molecule has 35 heavy (non-hydrogen) atoms. The topological polar surface area (TPSA) is 127 Å². The first-order valence-corrected chi connectivity index (χ1v) is 12.7. The van der Waals surface area contributed by atoms with Crippen LogP contribution in [0.15, 0.2) is 57.3 Å². The second-order valence-corrected chi connectivity index (χ2v) is 10.6. The molecule has 1 fully saturated rings. The van der Waals surface area contributed by atoms with Gasteiger partial charge in [-0.25, -0.2) is 4.21 Å². The maximum absolute atomic E-state index is 13.1. The van der Waals surface area contributed by atoms with Gasteiger partial charge in [-0.05, 0) is 36.0 Å². The molecule has 0 spiro atoms. The molecule has 2 unspecified atom stereocenters. The number of hydrogen-bond donors (Lipinski definition) is 4. The van der Waals surface area contributed by atoms with Crippen molar-refractivity contribution in [2.75, 3.05) is 18.5 Å². The van der Waals surface area contributed by atoms with Crippen molar-refractivity contribution < 1.29 is 19.2 Å². The predicted octanol–water partition coefficient (Wildman–Crippen LogP) is 3.17. The van der Waals surface area contributed by atoms with Gasteiger partial charge < -0.3 is 25.7 Å². The molecule has 2 aliphatic rings. The number of aromatic hydroxyl groups is 1. The smallest absolute Gasteiger partial charge is 0.269 e. The molecular formula is C25H31N5O4S. The number of phenols is 1. The standard InChI is InChI=1S/C25H31N5O4S/c1-25(2,3)21(16-9-5-4-6-10-16)27-23-22(28-35(34)29-23)26-19-13-7-12-18(20(19)32)24(33)30-14-8-11-17(30)15-31/h4-7,9-10,12-13,17,21,31-32H,8,11,14-15H2,1-3H3,(H,26,28)(H,27,29)/t17-,21?,35?/m0/s1. The van der Waals surface area contributed by atoms with Crippen LogP contribution >= 0.6 is 0 Å². The van der Waals surface area contributed by atoms with Gasteiger partial charge in [-0.15, -0.1) is 8.80 Å². The summed E-state index contributed by atoms with van der Waals surface area (Å²) in [5, 5.41) is 26.9. The molecule has 2 heterocycles. The van der Waals surface area contributed by atoms with Crippen LogP contribution in [0.25, 0.3) is 0 Å². The fourth-order valence-corrected chi connectivity index (χ4v) is 5.04. The van der Waals surface area contributed by atoms with Gasteiger partial charge in [0.15, 0.2) is 17.4 Å². The van der Waals surface area contributed by atoms with E-state index in [4.69, 9.17) is 0 Å². The number of amides is 1. The van der Waals surface area contributed by atoms with Gasteiger partial charge >= 0.3 is 0 Å². The molecule has 0 aromatic heterocycles. The van der Waals surface area contributed by atoms with Gasteiger partial charge in [-0.1, -0.05) is 57.2 Å². The molecule has 0 bridgehead atoms. The summed E-state index contributed by atoms with van der Waals surface area (Å²) in [5.74, 6) is -0.0641. The minimum absolute atomic E-state index is 0.116. The average Bonchev–Trinajstić information content (AvgIpc) is 3.44. The van der Waals surface area contributed by atoms with Crippen LogP contribution in [0.2, 0.25) is 0 Å². The minimum atomic E-state index is -1.82. The van der Waals surface area contributed by atoms with E-state index in [1.54, 1.807) is 23.1 Å². The Bertz CT molecular complexity index is 1180. The largest absolute Gasteiger partial charge is 0.505 e. The molecule has 3 atom stereocenters. The number of hydrogen-bond acceptors (Lipinski definition) is 6. The number of anilines is 1. The van der Waals surface area contributed by atoms with Crippen LogP contribution in [0.5, 0.6) is 5.75 Å². The molecular weight excluding hydrogens is 466 g/mol. The zero-order valence-electron chi connectivity index (χ0n) is 20.1. The highest BCUT2D eigenvalue weighted by atomic mass is 32.2. The Hall–Kier alpha value is -3.24. The van der Waals surface area contributed by atoms with Gasteiger partial charge in [0.25, 0.3) is 17.1 Å². The summed E-state index contributed by atoms with van der Waals surface area (Å²) in [5.41, 5.74) is 1.21. The number of nitrogens with zero attached hydrogens (tertiary/aromatic N) is 3. The predicted molar refractivity (Wildman–Crippen MR) is 138 cm³/mol. The number of benzene rings is 2. The highest BCUT2D eigenvalue weighted by Crippen LogP contribution is 2.34. The first-order chi connectivity index (χ1) is 16.7. The van der Waals surface area contributed by atoms with E-state index < -0.39 is 11.2 Å². The zero-order valence-corrected chi connectivity index (χ0v) is 20.9. The molecule has 9 nitrogen and oxygen atoms in total. The first-order valence-electron chi connectivity index (χ1n) is 11.6. The molecule has 2 aromatic carbocycles. The summed E-state index contributed by atoms with van der Waals surface area (Å²) < 4.78 is 20.5. The lowest BCUT2D eigenvalue weighted by Gasteiger charge is -2.32. The lowest BCUT2D eigenvalue weighted by atomic mass is 9.82. The number of amidine groups is 2. The second-order valence-electron chi connectivity index (χ2n) is 9.77. The Kier molecular flexibility index (Phi) is 7.23.